The first-order valence-corrected chi connectivity index (χ1v) is 12.7. The van der Waals surface area contributed by atoms with Gasteiger partial charge < -0.3 is 14.8 Å². The van der Waals surface area contributed by atoms with E-state index < -0.39 is 34.2 Å². The predicted octanol–water partition coefficient (Wildman–Crippen LogP) is 6.41. The summed E-state index contributed by atoms with van der Waals surface area (Å²) < 4.78 is 11.1. The number of hydrogen-bond donors (Lipinski definition) is 2. The van der Waals surface area contributed by atoms with Gasteiger partial charge in [-0.2, -0.15) is 5.01 Å². The molecule has 4 rings (SSSR count). The number of rotatable bonds is 3. The Morgan fingerprint density at radius 1 is 0.865 bits per heavy atom. The van der Waals surface area contributed by atoms with Crippen LogP contribution in [0.25, 0.3) is 10.8 Å². The predicted molar refractivity (Wildman–Crippen MR) is 144 cm³/mol. The van der Waals surface area contributed by atoms with E-state index in [0.29, 0.717) is 16.1 Å². The first-order valence-electron chi connectivity index (χ1n) is 11.9. The molecular weight excluding hydrogens is 490 g/mol. The van der Waals surface area contributed by atoms with Crippen LogP contribution in [0.15, 0.2) is 71.6 Å². The van der Waals surface area contributed by atoms with Crippen LogP contribution in [0, 0.1) is 0 Å². The molecule has 194 valence electrons. The molecule has 3 amide bonds. The molecule has 0 bridgehead atoms. The van der Waals surface area contributed by atoms with Crippen molar-refractivity contribution < 1.29 is 23.9 Å². The van der Waals surface area contributed by atoms with Gasteiger partial charge in [0.25, 0.3) is 5.91 Å². The van der Waals surface area contributed by atoms with Gasteiger partial charge in [-0.15, -0.1) is 0 Å². The number of hydrazine groups is 1. The largest absolute Gasteiger partial charge is 0.443 e. The van der Waals surface area contributed by atoms with Gasteiger partial charge in [-0.05, 0) is 70.5 Å². The molecule has 0 spiro atoms. The SMILES string of the molecule is CC(C)(C)OC(=O)NN(C(=O)OC(C)(C)C)[C@]1(Sc2ccc3ccccc3c2)C(=O)Nc2ccccc21. The fourth-order valence-corrected chi connectivity index (χ4v) is 5.25. The average Bonchev–Trinajstić information content (AvgIpc) is 3.06. The second-order valence-electron chi connectivity index (χ2n) is 10.7. The second-order valence-corrected chi connectivity index (χ2v) is 12.0. The van der Waals surface area contributed by atoms with E-state index in [1.807, 2.05) is 42.5 Å². The standard InChI is InChI=1S/C28H31N3O5S/c1-26(2,3)35-24(33)30-31(25(34)36-27(4,5)6)28(21-13-9-10-14-22(21)29-23(28)32)37-20-16-15-18-11-7-8-12-19(18)17-20/h7-17H,1-6H3,(H,29,32)(H,30,33)/t28-/m1/s1. The number of hydrogen-bond acceptors (Lipinski definition) is 6. The summed E-state index contributed by atoms with van der Waals surface area (Å²) >= 11 is 1.13. The first-order chi connectivity index (χ1) is 17.3. The van der Waals surface area contributed by atoms with E-state index in [0.717, 1.165) is 27.5 Å². The third-order valence-corrected chi connectivity index (χ3v) is 6.70. The minimum absolute atomic E-state index is 0.500. The van der Waals surface area contributed by atoms with Gasteiger partial charge in [-0.25, -0.2) is 15.0 Å². The molecule has 2 N–H and O–H groups in total. The molecule has 3 aromatic carbocycles. The summed E-state index contributed by atoms with van der Waals surface area (Å²) in [7, 11) is 0. The van der Waals surface area contributed by atoms with Crippen molar-refractivity contribution in [2.45, 2.75) is 62.5 Å². The normalized spacial score (nSPS) is 17.1. The maximum atomic E-state index is 13.8. The summed E-state index contributed by atoms with van der Waals surface area (Å²) in [4.78, 5) is 39.4. The van der Waals surface area contributed by atoms with Crippen molar-refractivity contribution in [3.8, 4) is 0 Å². The number of nitrogens with zero attached hydrogens (tertiary/aromatic N) is 1. The zero-order valence-corrected chi connectivity index (χ0v) is 22.6. The molecule has 0 unspecified atom stereocenters. The van der Waals surface area contributed by atoms with E-state index in [9.17, 15) is 14.4 Å². The number of thioether (sulfide) groups is 1. The molecule has 0 fully saturated rings. The minimum Gasteiger partial charge on any atom is -0.443 e. The Bertz CT molecular complexity index is 1360. The molecule has 9 heteroatoms. The quantitative estimate of drug-likeness (QED) is 0.305. The maximum absolute atomic E-state index is 13.8. The van der Waals surface area contributed by atoms with E-state index in [4.69, 9.17) is 9.47 Å². The minimum atomic E-state index is -1.72. The molecule has 1 aliphatic heterocycles. The molecule has 1 heterocycles. The number of ether oxygens (including phenoxy) is 2. The zero-order chi connectivity index (χ0) is 27.0. The molecule has 0 aliphatic carbocycles. The number of anilines is 1. The molecule has 0 saturated carbocycles. The highest BCUT2D eigenvalue weighted by molar-refractivity contribution is 8.01. The van der Waals surface area contributed by atoms with Gasteiger partial charge in [0.15, 0.2) is 0 Å². The molecule has 0 saturated heterocycles. The molecule has 0 aromatic heterocycles. The third kappa shape index (κ3) is 5.67. The van der Waals surface area contributed by atoms with E-state index in [1.54, 1.807) is 65.8 Å². The number of fused-ring (bicyclic) bond motifs is 2. The highest BCUT2D eigenvalue weighted by atomic mass is 32.2. The molecule has 1 aliphatic rings. The van der Waals surface area contributed by atoms with Crippen molar-refractivity contribution >= 4 is 46.3 Å². The number of carbonyl (C=O) groups excluding carboxylic acids is 3. The van der Waals surface area contributed by atoms with Crippen molar-refractivity contribution in [3.05, 3.63) is 72.3 Å². The van der Waals surface area contributed by atoms with Crippen LogP contribution in [-0.4, -0.2) is 34.3 Å². The Balaban J connectivity index is 1.87. The van der Waals surface area contributed by atoms with Crippen molar-refractivity contribution in [1.82, 2.24) is 10.4 Å². The summed E-state index contributed by atoms with van der Waals surface area (Å²) in [6.45, 7) is 10.3. The lowest BCUT2D eigenvalue weighted by Crippen LogP contribution is -2.60. The van der Waals surface area contributed by atoms with Crippen LogP contribution in [-0.2, 0) is 19.1 Å². The number of carbonyl (C=O) groups is 3. The maximum Gasteiger partial charge on any atom is 0.431 e. The van der Waals surface area contributed by atoms with Crippen LogP contribution in [0.1, 0.15) is 47.1 Å². The molecular formula is C28H31N3O5S. The van der Waals surface area contributed by atoms with E-state index >= 15 is 0 Å². The number of amides is 3. The van der Waals surface area contributed by atoms with Crippen LogP contribution in [0.3, 0.4) is 0 Å². The van der Waals surface area contributed by atoms with Gasteiger partial charge in [-0.3, -0.25) is 4.79 Å². The third-order valence-electron chi connectivity index (χ3n) is 5.33. The summed E-state index contributed by atoms with van der Waals surface area (Å²) in [6.07, 6.45) is -1.80. The van der Waals surface area contributed by atoms with Crippen molar-refractivity contribution in [3.63, 3.8) is 0 Å². The van der Waals surface area contributed by atoms with Crippen LogP contribution in [0.5, 0.6) is 0 Å². The number of nitrogens with one attached hydrogen (secondary N) is 2. The molecule has 3 aromatic rings. The molecule has 8 nitrogen and oxygen atoms in total. The Hall–Kier alpha value is -3.72. The molecule has 1 atom stereocenters. The summed E-state index contributed by atoms with van der Waals surface area (Å²) in [5, 5.41) is 5.81. The van der Waals surface area contributed by atoms with Crippen LogP contribution < -0.4 is 10.7 Å². The van der Waals surface area contributed by atoms with Crippen LogP contribution >= 0.6 is 11.8 Å². The fourth-order valence-electron chi connectivity index (χ4n) is 3.94. The van der Waals surface area contributed by atoms with Gasteiger partial charge in [-0.1, -0.05) is 60.3 Å². The van der Waals surface area contributed by atoms with Gasteiger partial charge in [0.05, 0.1) is 0 Å². The summed E-state index contributed by atoms with van der Waals surface area (Å²) in [5.41, 5.74) is 1.82. The average molecular weight is 522 g/mol. The van der Waals surface area contributed by atoms with Crippen molar-refractivity contribution in [1.29, 1.82) is 0 Å². The smallest absolute Gasteiger partial charge is 0.431 e. The topological polar surface area (TPSA) is 97.0 Å². The second kappa shape index (κ2) is 9.63. The number of benzene rings is 3. The van der Waals surface area contributed by atoms with Crippen molar-refractivity contribution in [2.75, 3.05) is 5.32 Å². The highest BCUT2D eigenvalue weighted by Crippen LogP contribution is 2.51. The highest BCUT2D eigenvalue weighted by Gasteiger charge is 2.57. The van der Waals surface area contributed by atoms with E-state index in [-0.39, 0.29) is 0 Å². The summed E-state index contributed by atoms with van der Waals surface area (Å²) in [5.74, 6) is -0.506. The lowest BCUT2D eigenvalue weighted by Gasteiger charge is -2.39. The Morgan fingerprint density at radius 3 is 2.16 bits per heavy atom. The Morgan fingerprint density at radius 2 is 1.49 bits per heavy atom. The lowest BCUT2D eigenvalue weighted by molar-refractivity contribution is -0.123. The van der Waals surface area contributed by atoms with E-state index in [2.05, 4.69) is 10.7 Å². The number of para-hydroxylation sites is 1. The van der Waals surface area contributed by atoms with Gasteiger partial charge in [0, 0.05) is 16.1 Å². The fraction of sp³-hybridized carbons (Fsp3) is 0.321. The monoisotopic (exact) mass is 521 g/mol. The van der Waals surface area contributed by atoms with Gasteiger partial charge >= 0.3 is 12.2 Å². The summed E-state index contributed by atoms with van der Waals surface area (Å²) in [6, 6.07) is 20.7. The Kier molecular flexibility index (Phi) is 6.85. The van der Waals surface area contributed by atoms with Crippen molar-refractivity contribution in [2.24, 2.45) is 0 Å². The van der Waals surface area contributed by atoms with Crippen LogP contribution in [0.2, 0.25) is 0 Å². The van der Waals surface area contributed by atoms with Gasteiger partial charge in [0.1, 0.15) is 11.2 Å². The lowest BCUT2D eigenvalue weighted by atomic mass is 10.1. The first kappa shape index (κ1) is 26.3. The Labute approximate surface area is 220 Å². The molecule has 0 radical (unpaired) electrons. The zero-order valence-electron chi connectivity index (χ0n) is 21.7. The van der Waals surface area contributed by atoms with Crippen LogP contribution in [0.4, 0.5) is 15.3 Å². The van der Waals surface area contributed by atoms with E-state index in [1.165, 1.54) is 0 Å². The van der Waals surface area contributed by atoms with Gasteiger partial charge in [0.2, 0.25) is 4.87 Å². The molecule has 37 heavy (non-hydrogen) atoms.